The van der Waals surface area contributed by atoms with E-state index in [-0.39, 0.29) is 6.04 Å². The summed E-state index contributed by atoms with van der Waals surface area (Å²) in [6.07, 6.45) is 2.81. The Bertz CT molecular complexity index is 741. The minimum atomic E-state index is 0.186. The highest BCUT2D eigenvalue weighted by Crippen LogP contribution is 2.21. The monoisotopic (exact) mass is 265 g/mol. The van der Waals surface area contributed by atoms with E-state index in [1.807, 2.05) is 29.9 Å². The van der Waals surface area contributed by atoms with Crippen molar-refractivity contribution in [3.63, 3.8) is 0 Å². The zero-order valence-corrected chi connectivity index (χ0v) is 11.9. The molecule has 0 aliphatic carbocycles. The van der Waals surface area contributed by atoms with Gasteiger partial charge in [-0.05, 0) is 43.5 Å². The zero-order chi connectivity index (χ0) is 14.1. The summed E-state index contributed by atoms with van der Waals surface area (Å²) in [7, 11) is 0. The summed E-state index contributed by atoms with van der Waals surface area (Å²) in [5, 5.41) is 5.67. The van der Waals surface area contributed by atoms with E-state index in [4.69, 9.17) is 5.73 Å². The number of nitrogens with two attached hydrogens (primary N) is 1. The highest BCUT2D eigenvalue weighted by molar-refractivity contribution is 5.80. The number of benzene rings is 2. The molecule has 3 aromatic rings. The molecule has 0 saturated heterocycles. The molecule has 0 radical (unpaired) electrons. The van der Waals surface area contributed by atoms with E-state index in [2.05, 4.69) is 42.4 Å². The zero-order valence-electron chi connectivity index (χ0n) is 11.9. The van der Waals surface area contributed by atoms with E-state index in [9.17, 15) is 0 Å². The Balaban J connectivity index is 2.06. The van der Waals surface area contributed by atoms with Crippen LogP contribution in [0.3, 0.4) is 0 Å². The Labute approximate surface area is 119 Å². The predicted octanol–water partition coefficient (Wildman–Crippen LogP) is 3.22. The van der Waals surface area contributed by atoms with Crippen molar-refractivity contribution in [2.45, 2.75) is 26.3 Å². The molecule has 0 aliphatic heterocycles. The van der Waals surface area contributed by atoms with Crippen molar-refractivity contribution < 1.29 is 0 Å². The van der Waals surface area contributed by atoms with Crippen molar-refractivity contribution in [3.8, 4) is 5.69 Å². The molecule has 2 N–H and O–H groups in total. The first-order valence-electron chi connectivity index (χ1n) is 6.93. The minimum Gasteiger partial charge on any atom is -0.328 e. The van der Waals surface area contributed by atoms with Crippen molar-refractivity contribution in [1.29, 1.82) is 0 Å². The SMILES string of the molecule is Cc1cc(CC(C)N)ccc1-n1ncc2ccccc21. The molecular weight excluding hydrogens is 246 g/mol. The lowest BCUT2D eigenvalue weighted by Gasteiger charge is -2.11. The number of aromatic nitrogens is 2. The molecule has 1 unspecified atom stereocenters. The number of hydrogen-bond acceptors (Lipinski definition) is 2. The van der Waals surface area contributed by atoms with E-state index in [0.29, 0.717) is 0 Å². The van der Waals surface area contributed by atoms with Crippen molar-refractivity contribution >= 4 is 10.9 Å². The van der Waals surface area contributed by atoms with E-state index in [1.54, 1.807) is 0 Å². The molecule has 2 aromatic carbocycles. The number of nitrogens with zero attached hydrogens (tertiary/aromatic N) is 2. The highest BCUT2D eigenvalue weighted by Gasteiger charge is 2.08. The molecule has 3 heteroatoms. The molecule has 0 spiro atoms. The molecule has 1 atom stereocenters. The molecular formula is C17H19N3. The maximum absolute atomic E-state index is 5.86. The van der Waals surface area contributed by atoms with Crippen LogP contribution in [0.5, 0.6) is 0 Å². The molecule has 0 fully saturated rings. The Morgan fingerprint density at radius 3 is 2.75 bits per heavy atom. The van der Waals surface area contributed by atoms with Crippen molar-refractivity contribution in [1.82, 2.24) is 9.78 Å². The van der Waals surface area contributed by atoms with Crippen LogP contribution < -0.4 is 5.73 Å². The Hall–Kier alpha value is -2.13. The quantitative estimate of drug-likeness (QED) is 0.790. The Morgan fingerprint density at radius 2 is 2.00 bits per heavy atom. The first kappa shape index (κ1) is 12.9. The summed E-state index contributed by atoms with van der Waals surface area (Å²) in [6.45, 7) is 4.15. The van der Waals surface area contributed by atoms with Gasteiger partial charge in [-0.1, -0.05) is 30.3 Å². The summed E-state index contributed by atoms with van der Waals surface area (Å²) in [4.78, 5) is 0. The summed E-state index contributed by atoms with van der Waals surface area (Å²) < 4.78 is 2.00. The van der Waals surface area contributed by atoms with Crippen molar-refractivity contribution in [2.75, 3.05) is 0 Å². The second-order valence-electron chi connectivity index (χ2n) is 5.42. The van der Waals surface area contributed by atoms with Gasteiger partial charge in [0.05, 0.1) is 17.4 Å². The second-order valence-corrected chi connectivity index (χ2v) is 5.42. The van der Waals surface area contributed by atoms with Crippen molar-refractivity contribution in [3.05, 3.63) is 59.8 Å². The Kier molecular flexibility index (Phi) is 3.28. The smallest absolute Gasteiger partial charge is 0.0741 e. The van der Waals surface area contributed by atoms with E-state index in [0.717, 1.165) is 23.0 Å². The van der Waals surface area contributed by atoms with Gasteiger partial charge in [-0.2, -0.15) is 5.10 Å². The van der Waals surface area contributed by atoms with Crippen molar-refractivity contribution in [2.24, 2.45) is 5.73 Å². The fraction of sp³-hybridized carbons (Fsp3) is 0.235. The predicted molar refractivity (Wildman–Crippen MR) is 83.2 cm³/mol. The van der Waals surface area contributed by atoms with E-state index in [1.165, 1.54) is 11.1 Å². The van der Waals surface area contributed by atoms with Crippen LogP contribution >= 0.6 is 0 Å². The third-order valence-corrected chi connectivity index (χ3v) is 3.52. The topological polar surface area (TPSA) is 43.8 Å². The van der Waals surface area contributed by atoms with Gasteiger partial charge in [0.25, 0.3) is 0 Å². The van der Waals surface area contributed by atoms with Crippen LogP contribution in [0.4, 0.5) is 0 Å². The van der Waals surface area contributed by atoms with Gasteiger partial charge in [0.15, 0.2) is 0 Å². The largest absolute Gasteiger partial charge is 0.328 e. The number of rotatable bonds is 3. The molecule has 3 nitrogen and oxygen atoms in total. The van der Waals surface area contributed by atoms with Gasteiger partial charge in [0.1, 0.15) is 0 Å². The standard InChI is InChI=1S/C17H19N3/c1-12-9-14(10-13(2)18)7-8-16(12)20-17-6-4-3-5-15(17)11-19-20/h3-9,11,13H,10,18H2,1-2H3. The van der Waals surface area contributed by atoms with Crippen LogP contribution in [-0.2, 0) is 6.42 Å². The van der Waals surface area contributed by atoms with Crippen LogP contribution in [0.1, 0.15) is 18.1 Å². The fourth-order valence-corrected chi connectivity index (χ4v) is 2.62. The van der Waals surface area contributed by atoms with Gasteiger partial charge in [0.2, 0.25) is 0 Å². The average molecular weight is 265 g/mol. The summed E-state index contributed by atoms with van der Waals surface area (Å²) in [6, 6.07) is 14.9. The van der Waals surface area contributed by atoms with Gasteiger partial charge in [0, 0.05) is 11.4 Å². The molecule has 1 heterocycles. The van der Waals surface area contributed by atoms with Gasteiger partial charge in [-0.15, -0.1) is 0 Å². The first-order chi connectivity index (χ1) is 9.65. The summed E-state index contributed by atoms with van der Waals surface area (Å²) in [5.41, 5.74) is 10.6. The number of fused-ring (bicyclic) bond motifs is 1. The lowest BCUT2D eigenvalue weighted by Crippen LogP contribution is -2.17. The third kappa shape index (κ3) is 2.32. The Morgan fingerprint density at radius 1 is 1.20 bits per heavy atom. The third-order valence-electron chi connectivity index (χ3n) is 3.52. The minimum absolute atomic E-state index is 0.186. The van der Waals surface area contributed by atoms with Gasteiger partial charge in [-0.3, -0.25) is 0 Å². The van der Waals surface area contributed by atoms with Crippen LogP contribution in [0.25, 0.3) is 16.6 Å². The first-order valence-corrected chi connectivity index (χ1v) is 6.93. The summed E-state index contributed by atoms with van der Waals surface area (Å²) in [5.74, 6) is 0. The number of hydrogen-bond donors (Lipinski definition) is 1. The normalized spacial score (nSPS) is 12.8. The maximum Gasteiger partial charge on any atom is 0.0741 e. The van der Waals surface area contributed by atoms with Crippen LogP contribution in [-0.4, -0.2) is 15.8 Å². The average Bonchev–Trinajstić information content (AvgIpc) is 2.82. The molecule has 0 aliphatic rings. The van der Waals surface area contributed by atoms with E-state index >= 15 is 0 Å². The van der Waals surface area contributed by atoms with Crippen LogP contribution in [0, 0.1) is 6.92 Å². The fourth-order valence-electron chi connectivity index (χ4n) is 2.62. The van der Waals surface area contributed by atoms with Gasteiger partial charge in [-0.25, -0.2) is 4.68 Å². The maximum atomic E-state index is 5.86. The van der Waals surface area contributed by atoms with Crippen LogP contribution in [0.2, 0.25) is 0 Å². The lowest BCUT2D eigenvalue weighted by atomic mass is 10.0. The molecule has 0 saturated carbocycles. The van der Waals surface area contributed by atoms with Gasteiger partial charge >= 0.3 is 0 Å². The molecule has 0 bridgehead atoms. The molecule has 20 heavy (non-hydrogen) atoms. The number of para-hydroxylation sites is 1. The molecule has 3 rings (SSSR count). The summed E-state index contributed by atoms with van der Waals surface area (Å²) >= 11 is 0. The highest BCUT2D eigenvalue weighted by atomic mass is 15.3. The molecule has 102 valence electrons. The van der Waals surface area contributed by atoms with Gasteiger partial charge < -0.3 is 5.73 Å². The molecule has 1 aromatic heterocycles. The lowest BCUT2D eigenvalue weighted by molar-refractivity contribution is 0.737. The van der Waals surface area contributed by atoms with Crippen LogP contribution in [0.15, 0.2) is 48.7 Å². The van der Waals surface area contributed by atoms with E-state index < -0.39 is 0 Å². The second kappa shape index (κ2) is 5.10. The molecule has 0 amide bonds. The number of aryl methyl sites for hydroxylation is 1.